The number of hydrogen-bond donors (Lipinski definition) is 3. The Balaban J connectivity index is 1.39. The number of ether oxygens (including phenoxy) is 1. The van der Waals surface area contributed by atoms with Crippen LogP contribution in [0.4, 0.5) is 5.69 Å². The van der Waals surface area contributed by atoms with Crippen molar-refractivity contribution in [1.82, 2.24) is 19.7 Å². The highest BCUT2D eigenvalue weighted by atomic mass is 32.2. The van der Waals surface area contributed by atoms with Gasteiger partial charge in [0.15, 0.2) is 5.88 Å². The van der Waals surface area contributed by atoms with E-state index in [1.54, 1.807) is 31.2 Å². The van der Waals surface area contributed by atoms with Crippen molar-refractivity contribution in [1.29, 1.82) is 0 Å². The van der Waals surface area contributed by atoms with E-state index in [9.17, 15) is 18.3 Å². The molecule has 1 fully saturated rings. The van der Waals surface area contributed by atoms with Gasteiger partial charge >= 0.3 is 5.97 Å². The number of esters is 1. The Bertz CT molecular complexity index is 1730. The smallest absolute Gasteiger partial charge is 0.338 e. The molecule has 3 N–H and O–H groups in total. The molecule has 12 heteroatoms. The molecule has 0 aliphatic carbocycles. The highest BCUT2D eigenvalue weighted by molar-refractivity contribution is 7.89. The number of carbonyl (C=O) groups is 1. The molecule has 226 valence electrons. The summed E-state index contributed by atoms with van der Waals surface area (Å²) in [6.07, 6.45) is 0. The number of fused-ring (bicyclic) bond motifs is 1. The number of carbonyl (C=O) groups excluding carboxylic acids is 1. The van der Waals surface area contributed by atoms with Gasteiger partial charge in [0.2, 0.25) is 0 Å². The van der Waals surface area contributed by atoms with Gasteiger partial charge in [-0.3, -0.25) is 9.74 Å². The molecule has 11 nitrogen and oxygen atoms in total. The zero-order chi connectivity index (χ0) is 30.6. The molecular formula is C31H35N5O6S. The molecule has 4 aromatic rings. The SMILES string of the molecule is COC(=O)c1cc2[nH]c(O)c(C(=Nc3ccc(S(=O)(=O)NOCCN4CCN(C)CC4)cc3)c3ccccc3)c2cc1C. The fourth-order valence-electron chi connectivity index (χ4n) is 5.01. The van der Waals surface area contributed by atoms with Crippen LogP contribution in [0.1, 0.15) is 27.0 Å². The molecule has 0 amide bonds. The van der Waals surface area contributed by atoms with Gasteiger partial charge in [-0.1, -0.05) is 35.2 Å². The van der Waals surface area contributed by atoms with Gasteiger partial charge in [-0.05, 0) is 55.9 Å². The number of hydrogen-bond acceptors (Lipinski definition) is 9. The Morgan fingerprint density at radius 1 is 1.05 bits per heavy atom. The molecule has 0 unspecified atom stereocenters. The van der Waals surface area contributed by atoms with Gasteiger partial charge in [0.1, 0.15) is 0 Å². The zero-order valence-electron chi connectivity index (χ0n) is 24.3. The molecule has 0 saturated carbocycles. The molecule has 2 heterocycles. The summed E-state index contributed by atoms with van der Waals surface area (Å²) in [6, 6.07) is 18.9. The molecule has 0 bridgehead atoms. The molecule has 1 aromatic heterocycles. The largest absolute Gasteiger partial charge is 0.494 e. The summed E-state index contributed by atoms with van der Waals surface area (Å²) in [5, 5.41) is 11.7. The number of H-pyrrole nitrogens is 1. The maximum atomic E-state index is 12.8. The fourth-order valence-corrected chi connectivity index (χ4v) is 5.84. The second kappa shape index (κ2) is 13.1. The van der Waals surface area contributed by atoms with Crippen LogP contribution in [0.2, 0.25) is 0 Å². The predicted octanol–water partition coefficient (Wildman–Crippen LogP) is 3.59. The number of rotatable bonds is 10. The first-order valence-electron chi connectivity index (χ1n) is 13.9. The van der Waals surface area contributed by atoms with E-state index in [4.69, 9.17) is 14.6 Å². The Hall–Kier alpha value is -4.07. The number of sulfonamides is 1. The first kappa shape index (κ1) is 30.4. The number of benzene rings is 3. The van der Waals surface area contributed by atoms with Crippen LogP contribution in [-0.2, 0) is 19.6 Å². The lowest BCUT2D eigenvalue weighted by atomic mass is 9.98. The molecule has 1 aliphatic rings. The number of piperazine rings is 1. The molecule has 3 aromatic carbocycles. The lowest BCUT2D eigenvalue weighted by molar-refractivity contribution is 0.0567. The van der Waals surface area contributed by atoms with Gasteiger partial charge in [-0.15, -0.1) is 0 Å². The maximum Gasteiger partial charge on any atom is 0.338 e. The molecular weight excluding hydrogens is 570 g/mol. The van der Waals surface area contributed by atoms with Gasteiger partial charge in [0, 0.05) is 49.2 Å². The highest BCUT2D eigenvalue weighted by Crippen LogP contribution is 2.33. The molecule has 0 radical (unpaired) electrons. The summed E-state index contributed by atoms with van der Waals surface area (Å²) in [4.78, 5) is 32.0. The minimum absolute atomic E-state index is 0.0354. The van der Waals surface area contributed by atoms with Gasteiger partial charge in [0.05, 0.1) is 41.1 Å². The molecule has 1 saturated heterocycles. The minimum atomic E-state index is -3.90. The third-order valence-corrected chi connectivity index (χ3v) is 8.71. The van der Waals surface area contributed by atoms with Crippen molar-refractivity contribution in [3.8, 4) is 5.88 Å². The monoisotopic (exact) mass is 605 g/mol. The third kappa shape index (κ3) is 6.95. The van der Waals surface area contributed by atoms with Crippen LogP contribution in [0.5, 0.6) is 5.88 Å². The van der Waals surface area contributed by atoms with Crippen molar-refractivity contribution in [2.24, 2.45) is 4.99 Å². The first-order chi connectivity index (χ1) is 20.7. The lowest BCUT2D eigenvalue weighted by Gasteiger charge is -2.32. The second-order valence-electron chi connectivity index (χ2n) is 10.5. The van der Waals surface area contributed by atoms with E-state index in [2.05, 4.69) is 26.7 Å². The van der Waals surface area contributed by atoms with Crippen LogP contribution < -0.4 is 4.89 Å². The van der Waals surface area contributed by atoms with Crippen molar-refractivity contribution in [3.63, 3.8) is 0 Å². The standard InChI is InChI=1S/C31H35N5O6S/c1-21-19-26-27(20-25(21)31(38)41-3)33-30(37)28(26)29(22-7-5-4-6-8-22)32-23-9-11-24(12-10-23)43(39,40)34-42-18-17-36-15-13-35(2)14-16-36/h4-12,19-20,33-34,37H,13-18H2,1-3H3. The number of aryl methyl sites for hydroxylation is 1. The van der Waals surface area contributed by atoms with Crippen molar-refractivity contribution in [2.45, 2.75) is 11.8 Å². The van der Waals surface area contributed by atoms with Crippen LogP contribution in [0, 0.1) is 6.92 Å². The Morgan fingerprint density at radius 2 is 1.74 bits per heavy atom. The average molecular weight is 606 g/mol. The van der Waals surface area contributed by atoms with E-state index in [-0.39, 0.29) is 17.4 Å². The van der Waals surface area contributed by atoms with Crippen LogP contribution in [0.3, 0.4) is 0 Å². The van der Waals surface area contributed by atoms with Crippen LogP contribution >= 0.6 is 0 Å². The molecule has 0 spiro atoms. The van der Waals surface area contributed by atoms with Crippen LogP contribution in [-0.4, -0.2) is 93.5 Å². The summed E-state index contributed by atoms with van der Waals surface area (Å²) in [7, 11) is -0.498. The summed E-state index contributed by atoms with van der Waals surface area (Å²) in [5.41, 5.74) is 3.74. The van der Waals surface area contributed by atoms with Crippen molar-refractivity contribution >= 4 is 38.3 Å². The van der Waals surface area contributed by atoms with Crippen molar-refractivity contribution < 1.29 is 27.9 Å². The maximum absolute atomic E-state index is 12.8. The van der Waals surface area contributed by atoms with Crippen LogP contribution in [0.15, 0.2) is 76.6 Å². The number of nitrogens with one attached hydrogen (secondary N) is 2. The van der Waals surface area contributed by atoms with Crippen molar-refractivity contribution in [3.05, 3.63) is 89.0 Å². The number of nitrogens with zero attached hydrogens (tertiary/aromatic N) is 3. The van der Waals surface area contributed by atoms with E-state index < -0.39 is 16.0 Å². The number of methoxy groups -OCH3 is 1. The average Bonchev–Trinajstić information content (AvgIpc) is 3.32. The molecule has 0 atom stereocenters. The Kier molecular flexibility index (Phi) is 9.23. The van der Waals surface area contributed by atoms with E-state index >= 15 is 0 Å². The normalized spacial score (nSPS) is 15.2. The second-order valence-corrected chi connectivity index (χ2v) is 12.1. The number of aromatic nitrogens is 1. The van der Waals surface area contributed by atoms with E-state index in [0.717, 1.165) is 31.7 Å². The van der Waals surface area contributed by atoms with Crippen LogP contribution in [0.25, 0.3) is 10.9 Å². The van der Waals surface area contributed by atoms with E-state index in [1.165, 1.54) is 19.2 Å². The quantitative estimate of drug-likeness (QED) is 0.108. The number of aliphatic imine (C=N–C) groups is 1. The van der Waals surface area contributed by atoms with Crippen molar-refractivity contribution in [2.75, 3.05) is 53.5 Å². The molecule has 43 heavy (non-hydrogen) atoms. The summed E-state index contributed by atoms with van der Waals surface area (Å²) in [5.74, 6) is -0.590. The van der Waals surface area contributed by atoms with Gasteiger partial charge < -0.3 is 19.7 Å². The topological polar surface area (TPSA) is 137 Å². The first-order valence-corrected chi connectivity index (χ1v) is 15.4. The lowest BCUT2D eigenvalue weighted by Crippen LogP contribution is -2.45. The Morgan fingerprint density at radius 3 is 2.42 bits per heavy atom. The molecule has 1 aliphatic heterocycles. The number of aromatic amines is 1. The molecule has 5 rings (SSSR count). The predicted molar refractivity (Wildman–Crippen MR) is 164 cm³/mol. The summed E-state index contributed by atoms with van der Waals surface area (Å²) in [6.45, 7) is 6.46. The third-order valence-electron chi connectivity index (χ3n) is 7.48. The van der Waals surface area contributed by atoms with Gasteiger partial charge in [0.25, 0.3) is 10.0 Å². The van der Waals surface area contributed by atoms with E-state index in [0.29, 0.717) is 45.5 Å². The summed E-state index contributed by atoms with van der Waals surface area (Å²) >= 11 is 0. The summed E-state index contributed by atoms with van der Waals surface area (Å²) < 4.78 is 30.5. The number of likely N-dealkylation sites (N-methyl/N-ethyl adjacent to an activating group) is 1. The van der Waals surface area contributed by atoms with E-state index in [1.807, 2.05) is 30.3 Å². The van der Waals surface area contributed by atoms with Gasteiger partial charge in [-0.2, -0.15) is 0 Å². The Labute approximate surface area is 250 Å². The van der Waals surface area contributed by atoms with Gasteiger partial charge in [-0.25, -0.2) is 18.2 Å². The fraction of sp³-hybridized carbons (Fsp3) is 0.290. The zero-order valence-corrected chi connectivity index (χ0v) is 25.1. The highest BCUT2D eigenvalue weighted by Gasteiger charge is 2.22. The minimum Gasteiger partial charge on any atom is -0.494 e. The number of aromatic hydroxyl groups is 1.